The molecule has 5 nitrogen and oxygen atoms in total. The first kappa shape index (κ1) is 14.2. The Hall–Kier alpha value is -1.72. The van der Waals surface area contributed by atoms with Crippen LogP contribution in [0.1, 0.15) is 55.6 Å². The van der Waals surface area contributed by atoms with Crippen LogP contribution < -0.4 is 11.3 Å². The first-order valence-corrected chi connectivity index (χ1v) is 7.78. The molecule has 1 unspecified atom stereocenters. The molecular weight excluding hydrogens is 262 g/mol. The number of aromatic nitrogens is 3. The van der Waals surface area contributed by atoms with Gasteiger partial charge in [-0.2, -0.15) is 5.10 Å². The largest absolute Gasteiger partial charge is 0.271 e. The molecule has 0 radical (unpaired) electrons. The summed E-state index contributed by atoms with van der Waals surface area (Å²) in [4.78, 5) is 4.37. The summed E-state index contributed by atoms with van der Waals surface area (Å²) >= 11 is 0. The SMILES string of the molecule is NNC(Cc1ccn(C2CCCCC2)n1)c1ccccn1. The van der Waals surface area contributed by atoms with Gasteiger partial charge in [0.15, 0.2) is 0 Å². The van der Waals surface area contributed by atoms with Gasteiger partial charge in [0.25, 0.3) is 0 Å². The Morgan fingerprint density at radius 1 is 1.24 bits per heavy atom. The molecule has 0 bridgehead atoms. The first-order valence-electron chi connectivity index (χ1n) is 7.78. The zero-order valence-corrected chi connectivity index (χ0v) is 12.3. The lowest BCUT2D eigenvalue weighted by Crippen LogP contribution is -2.30. The van der Waals surface area contributed by atoms with Gasteiger partial charge in [0, 0.05) is 18.8 Å². The zero-order valence-electron chi connectivity index (χ0n) is 12.3. The lowest BCUT2D eigenvalue weighted by Gasteiger charge is -2.22. The molecule has 21 heavy (non-hydrogen) atoms. The summed E-state index contributed by atoms with van der Waals surface area (Å²) in [5.74, 6) is 5.68. The fraction of sp³-hybridized carbons (Fsp3) is 0.500. The Balaban J connectivity index is 1.68. The average Bonchev–Trinajstić information content (AvgIpc) is 3.03. The average molecular weight is 285 g/mol. The van der Waals surface area contributed by atoms with Gasteiger partial charge in [-0.3, -0.25) is 20.9 Å². The van der Waals surface area contributed by atoms with E-state index in [4.69, 9.17) is 10.9 Å². The van der Waals surface area contributed by atoms with Crippen molar-refractivity contribution in [3.8, 4) is 0 Å². The molecule has 1 aliphatic carbocycles. The first-order chi connectivity index (χ1) is 10.4. The van der Waals surface area contributed by atoms with E-state index >= 15 is 0 Å². The minimum atomic E-state index is 0.000839. The van der Waals surface area contributed by atoms with Gasteiger partial charge in [-0.25, -0.2) is 0 Å². The molecule has 3 N–H and O–H groups in total. The minimum absolute atomic E-state index is 0.000839. The highest BCUT2D eigenvalue weighted by molar-refractivity contribution is 5.12. The number of pyridine rings is 1. The predicted octanol–water partition coefficient (Wildman–Crippen LogP) is 2.53. The summed E-state index contributed by atoms with van der Waals surface area (Å²) in [6.07, 6.45) is 11.2. The zero-order chi connectivity index (χ0) is 14.5. The third-order valence-electron chi connectivity index (χ3n) is 4.27. The van der Waals surface area contributed by atoms with Gasteiger partial charge in [0.1, 0.15) is 0 Å². The van der Waals surface area contributed by atoms with Crippen LogP contribution in [-0.4, -0.2) is 14.8 Å². The van der Waals surface area contributed by atoms with Crippen molar-refractivity contribution in [3.63, 3.8) is 0 Å². The van der Waals surface area contributed by atoms with Crippen LogP contribution in [0, 0.1) is 0 Å². The highest BCUT2D eigenvalue weighted by Crippen LogP contribution is 2.27. The number of nitrogens with zero attached hydrogens (tertiary/aromatic N) is 3. The Morgan fingerprint density at radius 3 is 2.81 bits per heavy atom. The second-order valence-electron chi connectivity index (χ2n) is 5.76. The van der Waals surface area contributed by atoms with Gasteiger partial charge in [-0.05, 0) is 31.0 Å². The van der Waals surface area contributed by atoms with Crippen LogP contribution in [0.2, 0.25) is 0 Å². The van der Waals surface area contributed by atoms with Crippen molar-refractivity contribution in [2.24, 2.45) is 5.84 Å². The Kier molecular flexibility index (Phi) is 4.62. The standard InChI is InChI=1S/C16H23N5/c17-19-16(15-8-4-5-10-18-15)12-13-9-11-21(20-13)14-6-2-1-3-7-14/h4-5,8-11,14,16,19H,1-3,6-7,12,17H2. The van der Waals surface area contributed by atoms with Crippen LogP contribution in [0.4, 0.5) is 0 Å². The van der Waals surface area contributed by atoms with Crippen LogP contribution in [0.15, 0.2) is 36.7 Å². The highest BCUT2D eigenvalue weighted by Gasteiger charge is 2.18. The van der Waals surface area contributed by atoms with E-state index in [0.717, 1.165) is 17.8 Å². The fourth-order valence-corrected chi connectivity index (χ4v) is 3.08. The minimum Gasteiger partial charge on any atom is -0.271 e. The molecule has 0 aliphatic heterocycles. The molecule has 2 aromatic heterocycles. The molecule has 1 saturated carbocycles. The van der Waals surface area contributed by atoms with Gasteiger partial charge >= 0.3 is 0 Å². The maximum Gasteiger partial charge on any atom is 0.0688 e. The van der Waals surface area contributed by atoms with Gasteiger partial charge in [0.2, 0.25) is 0 Å². The van der Waals surface area contributed by atoms with Crippen molar-refractivity contribution in [1.29, 1.82) is 0 Å². The number of hydrazine groups is 1. The number of nitrogens with one attached hydrogen (secondary N) is 1. The Bertz CT molecular complexity index is 545. The number of hydrogen-bond donors (Lipinski definition) is 2. The van der Waals surface area contributed by atoms with Crippen molar-refractivity contribution < 1.29 is 0 Å². The van der Waals surface area contributed by atoms with Crippen molar-refractivity contribution in [2.45, 2.75) is 50.6 Å². The van der Waals surface area contributed by atoms with E-state index in [1.165, 1.54) is 32.1 Å². The monoisotopic (exact) mass is 285 g/mol. The van der Waals surface area contributed by atoms with Crippen LogP contribution in [-0.2, 0) is 6.42 Å². The van der Waals surface area contributed by atoms with E-state index in [1.807, 2.05) is 18.2 Å². The fourth-order valence-electron chi connectivity index (χ4n) is 3.08. The molecule has 0 spiro atoms. The van der Waals surface area contributed by atoms with Gasteiger partial charge in [0.05, 0.1) is 23.5 Å². The van der Waals surface area contributed by atoms with Crippen LogP contribution >= 0.6 is 0 Å². The van der Waals surface area contributed by atoms with E-state index in [2.05, 4.69) is 27.4 Å². The molecule has 0 amide bonds. The van der Waals surface area contributed by atoms with E-state index < -0.39 is 0 Å². The number of nitrogens with two attached hydrogens (primary N) is 1. The molecule has 2 aromatic rings. The number of hydrogen-bond acceptors (Lipinski definition) is 4. The maximum absolute atomic E-state index is 5.68. The number of rotatable bonds is 5. The van der Waals surface area contributed by atoms with E-state index in [-0.39, 0.29) is 6.04 Å². The molecule has 112 valence electrons. The third kappa shape index (κ3) is 3.49. The molecular formula is C16H23N5. The summed E-state index contributed by atoms with van der Waals surface area (Å²) in [5, 5.41) is 4.74. The van der Waals surface area contributed by atoms with Crippen LogP contribution in [0.3, 0.4) is 0 Å². The van der Waals surface area contributed by atoms with E-state index in [1.54, 1.807) is 6.20 Å². The highest BCUT2D eigenvalue weighted by atomic mass is 15.3. The maximum atomic E-state index is 5.68. The molecule has 0 aromatic carbocycles. The molecule has 3 rings (SSSR count). The van der Waals surface area contributed by atoms with Gasteiger partial charge in [-0.15, -0.1) is 0 Å². The van der Waals surface area contributed by atoms with Crippen molar-refractivity contribution in [2.75, 3.05) is 0 Å². The lowest BCUT2D eigenvalue weighted by molar-refractivity contribution is 0.327. The van der Waals surface area contributed by atoms with Crippen LogP contribution in [0.5, 0.6) is 0 Å². The summed E-state index contributed by atoms with van der Waals surface area (Å²) in [7, 11) is 0. The summed E-state index contributed by atoms with van der Waals surface area (Å²) in [6, 6.07) is 8.56. The Labute approximate surface area is 125 Å². The lowest BCUT2D eigenvalue weighted by atomic mass is 9.96. The summed E-state index contributed by atoms with van der Waals surface area (Å²) in [6.45, 7) is 0. The van der Waals surface area contributed by atoms with Crippen molar-refractivity contribution in [1.82, 2.24) is 20.2 Å². The quantitative estimate of drug-likeness (QED) is 0.654. The molecule has 1 atom stereocenters. The van der Waals surface area contributed by atoms with E-state index in [9.17, 15) is 0 Å². The molecule has 0 saturated heterocycles. The summed E-state index contributed by atoms with van der Waals surface area (Å²) in [5.41, 5.74) is 4.86. The van der Waals surface area contributed by atoms with E-state index in [0.29, 0.717) is 6.04 Å². The summed E-state index contributed by atoms with van der Waals surface area (Å²) < 4.78 is 2.14. The third-order valence-corrected chi connectivity index (χ3v) is 4.27. The van der Waals surface area contributed by atoms with Gasteiger partial charge in [-0.1, -0.05) is 25.3 Å². The second-order valence-corrected chi connectivity index (χ2v) is 5.76. The van der Waals surface area contributed by atoms with Gasteiger partial charge < -0.3 is 0 Å². The van der Waals surface area contributed by atoms with Crippen molar-refractivity contribution >= 4 is 0 Å². The molecule has 5 heteroatoms. The van der Waals surface area contributed by atoms with Crippen LogP contribution in [0.25, 0.3) is 0 Å². The Morgan fingerprint density at radius 2 is 2.10 bits per heavy atom. The normalized spacial score (nSPS) is 17.8. The predicted molar refractivity (Wildman–Crippen MR) is 82.4 cm³/mol. The smallest absolute Gasteiger partial charge is 0.0688 e. The van der Waals surface area contributed by atoms with Crippen molar-refractivity contribution in [3.05, 3.63) is 48.0 Å². The molecule has 1 aliphatic rings. The molecule has 2 heterocycles. The topological polar surface area (TPSA) is 68.8 Å². The second kappa shape index (κ2) is 6.83. The molecule has 1 fully saturated rings.